The van der Waals surface area contributed by atoms with Crippen LogP contribution in [0.25, 0.3) is 5.65 Å². The molecule has 0 saturated heterocycles. The maximum atomic E-state index is 12.0. The lowest BCUT2D eigenvalue weighted by molar-refractivity contribution is 0.121. The number of carbonyl (C=O) groups excluding carboxylic acids is 1. The SMILES string of the molecule is CC1(CO)CCCC1NC(=O)NCCc1cn2ccccc2n1. The number of carbonyl (C=O) groups is 1. The van der Waals surface area contributed by atoms with E-state index in [2.05, 4.69) is 15.6 Å². The lowest BCUT2D eigenvalue weighted by Gasteiger charge is -2.30. The Bertz CT molecular complexity index is 651. The first-order valence-electron chi connectivity index (χ1n) is 8.18. The van der Waals surface area contributed by atoms with Crippen molar-refractivity contribution in [3.63, 3.8) is 0 Å². The van der Waals surface area contributed by atoms with Crippen LogP contribution in [-0.4, -0.2) is 39.7 Å². The standard InChI is InChI=1S/C17H24N4O2/c1-17(12-22)8-4-5-14(17)20-16(23)18-9-7-13-11-21-10-3-2-6-15(21)19-13/h2-3,6,10-11,14,22H,4-5,7-9,12H2,1H3,(H2,18,20,23). The number of pyridine rings is 1. The number of nitrogens with one attached hydrogen (secondary N) is 2. The summed E-state index contributed by atoms with van der Waals surface area (Å²) in [5.74, 6) is 0. The van der Waals surface area contributed by atoms with E-state index in [0.717, 1.165) is 30.6 Å². The molecule has 23 heavy (non-hydrogen) atoms. The topological polar surface area (TPSA) is 78.7 Å². The number of urea groups is 1. The summed E-state index contributed by atoms with van der Waals surface area (Å²) in [6, 6.07) is 5.75. The second-order valence-electron chi connectivity index (χ2n) is 6.61. The van der Waals surface area contributed by atoms with Gasteiger partial charge in [-0.3, -0.25) is 0 Å². The zero-order valence-electron chi connectivity index (χ0n) is 13.5. The summed E-state index contributed by atoms with van der Waals surface area (Å²) in [4.78, 5) is 16.5. The Kier molecular flexibility index (Phi) is 4.52. The summed E-state index contributed by atoms with van der Waals surface area (Å²) in [6.07, 6.45) is 7.56. The Labute approximate surface area is 135 Å². The molecule has 2 unspecified atom stereocenters. The van der Waals surface area contributed by atoms with Crippen LogP contribution in [0.3, 0.4) is 0 Å². The monoisotopic (exact) mass is 316 g/mol. The predicted molar refractivity (Wildman–Crippen MR) is 88.3 cm³/mol. The highest BCUT2D eigenvalue weighted by molar-refractivity contribution is 5.74. The van der Waals surface area contributed by atoms with Crippen molar-refractivity contribution in [1.29, 1.82) is 0 Å². The number of aliphatic hydroxyl groups is 1. The molecule has 0 bridgehead atoms. The van der Waals surface area contributed by atoms with Gasteiger partial charge in [0.25, 0.3) is 0 Å². The summed E-state index contributed by atoms with van der Waals surface area (Å²) in [5, 5.41) is 15.4. The van der Waals surface area contributed by atoms with E-state index in [1.807, 2.05) is 41.9 Å². The van der Waals surface area contributed by atoms with E-state index in [1.165, 1.54) is 0 Å². The molecule has 6 heteroatoms. The number of fused-ring (bicyclic) bond motifs is 1. The first-order valence-corrected chi connectivity index (χ1v) is 8.18. The minimum absolute atomic E-state index is 0.0442. The summed E-state index contributed by atoms with van der Waals surface area (Å²) in [7, 11) is 0. The molecule has 0 aromatic carbocycles. The highest BCUT2D eigenvalue weighted by atomic mass is 16.3. The molecule has 0 spiro atoms. The van der Waals surface area contributed by atoms with Crippen LogP contribution in [0, 0.1) is 5.41 Å². The van der Waals surface area contributed by atoms with Crippen LogP contribution < -0.4 is 10.6 Å². The first kappa shape index (κ1) is 15.8. The van der Waals surface area contributed by atoms with E-state index < -0.39 is 0 Å². The van der Waals surface area contributed by atoms with Crippen molar-refractivity contribution in [2.75, 3.05) is 13.2 Å². The molecule has 1 aliphatic rings. The molecule has 2 heterocycles. The molecule has 0 radical (unpaired) electrons. The van der Waals surface area contributed by atoms with Crippen molar-refractivity contribution in [2.45, 2.75) is 38.6 Å². The molecule has 2 amide bonds. The smallest absolute Gasteiger partial charge is 0.315 e. The van der Waals surface area contributed by atoms with Gasteiger partial charge in [0.2, 0.25) is 0 Å². The van der Waals surface area contributed by atoms with E-state index in [9.17, 15) is 9.90 Å². The van der Waals surface area contributed by atoms with Gasteiger partial charge < -0.3 is 20.1 Å². The van der Waals surface area contributed by atoms with E-state index in [1.54, 1.807) is 0 Å². The molecule has 2 aromatic heterocycles. The molecule has 3 N–H and O–H groups in total. The van der Waals surface area contributed by atoms with Crippen molar-refractivity contribution < 1.29 is 9.90 Å². The number of aliphatic hydroxyl groups excluding tert-OH is 1. The maximum Gasteiger partial charge on any atom is 0.315 e. The molecule has 1 aliphatic carbocycles. The Morgan fingerprint density at radius 2 is 2.39 bits per heavy atom. The highest BCUT2D eigenvalue weighted by Crippen LogP contribution is 2.37. The normalized spacial score (nSPS) is 24.0. The summed E-state index contributed by atoms with van der Waals surface area (Å²) in [5.41, 5.74) is 1.67. The second-order valence-corrected chi connectivity index (χ2v) is 6.61. The third-order valence-electron chi connectivity index (χ3n) is 4.83. The number of hydrogen-bond acceptors (Lipinski definition) is 3. The van der Waals surface area contributed by atoms with E-state index >= 15 is 0 Å². The summed E-state index contributed by atoms with van der Waals surface area (Å²) >= 11 is 0. The van der Waals surface area contributed by atoms with Crippen LogP contribution in [0.1, 0.15) is 31.9 Å². The predicted octanol–water partition coefficient (Wildman–Crippen LogP) is 1.73. The van der Waals surface area contributed by atoms with E-state index in [4.69, 9.17) is 0 Å². The molecule has 124 valence electrons. The minimum atomic E-state index is -0.195. The average molecular weight is 316 g/mol. The zero-order valence-corrected chi connectivity index (χ0v) is 13.5. The number of amides is 2. The Balaban J connectivity index is 1.47. The number of hydrogen-bond donors (Lipinski definition) is 3. The van der Waals surface area contributed by atoms with Gasteiger partial charge in [0, 0.05) is 36.8 Å². The number of nitrogens with zero attached hydrogens (tertiary/aromatic N) is 2. The molecular formula is C17H24N4O2. The van der Waals surface area contributed by atoms with Crippen molar-refractivity contribution in [3.8, 4) is 0 Å². The fourth-order valence-electron chi connectivity index (χ4n) is 3.29. The molecule has 3 rings (SSSR count). The quantitative estimate of drug-likeness (QED) is 0.786. The van der Waals surface area contributed by atoms with Gasteiger partial charge in [0.05, 0.1) is 12.3 Å². The van der Waals surface area contributed by atoms with Crippen molar-refractivity contribution >= 4 is 11.7 Å². The maximum absolute atomic E-state index is 12.0. The van der Waals surface area contributed by atoms with Crippen LogP contribution in [0.4, 0.5) is 4.79 Å². The molecule has 2 atom stereocenters. The summed E-state index contributed by atoms with van der Waals surface area (Å²) in [6.45, 7) is 2.68. The van der Waals surface area contributed by atoms with Gasteiger partial charge in [0.15, 0.2) is 0 Å². The van der Waals surface area contributed by atoms with Gasteiger partial charge >= 0.3 is 6.03 Å². The third-order valence-corrected chi connectivity index (χ3v) is 4.83. The van der Waals surface area contributed by atoms with E-state index in [-0.39, 0.29) is 24.1 Å². The Morgan fingerprint density at radius 3 is 3.17 bits per heavy atom. The lowest BCUT2D eigenvalue weighted by atomic mass is 9.86. The van der Waals surface area contributed by atoms with Gasteiger partial charge in [-0.1, -0.05) is 19.4 Å². The van der Waals surface area contributed by atoms with Gasteiger partial charge in [-0.25, -0.2) is 9.78 Å². The van der Waals surface area contributed by atoms with Gasteiger partial charge in [-0.2, -0.15) is 0 Å². The second kappa shape index (κ2) is 6.58. The van der Waals surface area contributed by atoms with Crippen molar-refractivity contribution in [2.24, 2.45) is 5.41 Å². The molecule has 6 nitrogen and oxygen atoms in total. The van der Waals surface area contributed by atoms with E-state index in [0.29, 0.717) is 13.0 Å². The third kappa shape index (κ3) is 3.47. The van der Waals surface area contributed by atoms with Crippen LogP contribution in [0.2, 0.25) is 0 Å². The lowest BCUT2D eigenvalue weighted by Crippen LogP contribution is -2.48. The van der Waals surface area contributed by atoms with Gasteiger partial charge in [-0.15, -0.1) is 0 Å². The fraction of sp³-hybridized carbons (Fsp3) is 0.529. The Hall–Kier alpha value is -2.08. The van der Waals surface area contributed by atoms with Crippen LogP contribution in [-0.2, 0) is 6.42 Å². The fourth-order valence-corrected chi connectivity index (χ4v) is 3.29. The van der Waals surface area contributed by atoms with Crippen LogP contribution in [0.5, 0.6) is 0 Å². The summed E-state index contributed by atoms with van der Waals surface area (Å²) < 4.78 is 1.97. The van der Waals surface area contributed by atoms with Crippen LogP contribution in [0.15, 0.2) is 30.6 Å². The number of aromatic nitrogens is 2. The minimum Gasteiger partial charge on any atom is -0.396 e. The zero-order chi connectivity index (χ0) is 16.3. The Morgan fingerprint density at radius 1 is 1.52 bits per heavy atom. The molecule has 2 aromatic rings. The number of rotatable bonds is 5. The molecular weight excluding hydrogens is 292 g/mol. The van der Waals surface area contributed by atoms with Gasteiger partial charge in [0.1, 0.15) is 5.65 Å². The number of imidazole rings is 1. The van der Waals surface area contributed by atoms with Crippen molar-refractivity contribution in [1.82, 2.24) is 20.0 Å². The largest absolute Gasteiger partial charge is 0.396 e. The molecule has 0 aliphatic heterocycles. The highest BCUT2D eigenvalue weighted by Gasteiger charge is 2.38. The van der Waals surface area contributed by atoms with Crippen LogP contribution >= 0.6 is 0 Å². The average Bonchev–Trinajstić information content (AvgIpc) is 3.11. The van der Waals surface area contributed by atoms with Crippen molar-refractivity contribution in [3.05, 3.63) is 36.3 Å². The molecule has 1 fully saturated rings. The molecule has 1 saturated carbocycles. The van der Waals surface area contributed by atoms with Gasteiger partial charge in [-0.05, 0) is 25.0 Å². The first-order chi connectivity index (χ1) is 11.1.